The van der Waals surface area contributed by atoms with Crippen LogP contribution >= 0.6 is 0 Å². The molecule has 2 aromatic carbocycles. The Morgan fingerprint density at radius 3 is 1.92 bits per heavy atom. The second kappa shape index (κ2) is 27.2. The number of ether oxygens (including phenoxy) is 2. The minimum atomic E-state index is -2.63. The van der Waals surface area contributed by atoms with Crippen molar-refractivity contribution >= 4 is 26.9 Å². The van der Waals surface area contributed by atoms with Crippen molar-refractivity contribution in [2.45, 2.75) is 124 Å². The van der Waals surface area contributed by atoms with Crippen LogP contribution in [0.1, 0.15) is 129 Å². The fraction of sp³-hybridized carbons (Fsp3) is 0.625. The van der Waals surface area contributed by atoms with Crippen LogP contribution in [0, 0.1) is 0 Å². The lowest BCUT2D eigenvalue weighted by Crippen LogP contribution is -2.46. The van der Waals surface area contributed by atoms with Gasteiger partial charge < -0.3 is 28.1 Å². The monoisotopic (exact) mass is 683 g/mol. The van der Waals surface area contributed by atoms with Crippen molar-refractivity contribution in [1.82, 2.24) is 5.32 Å². The van der Waals surface area contributed by atoms with Crippen LogP contribution in [0.3, 0.4) is 0 Å². The number of hydrogen-bond acceptors (Lipinski definition) is 6. The Morgan fingerprint density at radius 1 is 0.667 bits per heavy atom. The summed E-state index contributed by atoms with van der Waals surface area (Å²) in [5.41, 5.74) is 2.24. The molecule has 0 saturated heterocycles. The number of nitrogens with one attached hydrogen (secondary N) is 1. The Bertz CT molecular complexity index is 1100. The summed E-state index contributed by atoms with van der Waals surface area (Å²) >= 11 is 0. The van der Waals surface area contributed by atoms with Gasteiger partial charge in [-0.05, 0) is 64.2 Å². The third-order valence-electron chi connectivity index (χ3n) is 8.14. The number of unbranched alkanes of at least 4 members (excludes halogenated alkanes) is 10. The Morgan fingerprint density at radius 2 is 1.27 bits per heavy atom. The number of rotatable bonds is 30. The zero-order valence-electron chi connectivity index (χ0n) is 30.6. The number of benzene rings is 2. The topological polar surface area (TPSA) is 75.3 Å². The molecule has 1 amide bonds. The molecular formula is C40H65NO6Si. The summed E-state index contributed by atoms with van der Waals surface area (Å²) in [5.74, 6) is 1.89. The van der Waals surface area contributed by atoms with Gasteiger partial charge in [-0.2, -0.15) is 0 Å². The fourth-order valence-electron chi connectivity index (χ4n) is 5.59. The summed E-state index contributed by atoms with van der Waals surface area (Å²) in [7, 11) is -2.63. The summed E-state index contributed by atoms with van der Waals surface area (Å²) in [6.07, 6.45) is 19.5. The number of carbonyl (C=O) groups excluding carboxylic acids is 1. The summed E-state index contributed by atoms with van der Waals surface area (Å²) in [5, 5.41) is 3.05. The highest BCUT2D eigenvalue weighted by molar-refractivity contribution is 6.60. The first-order valence-electron chi connectivity index (χ1n) is 18.9. The number of carbonyl (C=O) groups is 1. The van der Waals surface area contributed by atoms with Crippen LogP contribution in [0.25, 0.3) is 12.2 Å². The van der Waals surface area contributed by atoms with E-state index in [0.717, 1.165) is 68.2 Å². The molecule has 0 spiro atoms. The van der Waals surface area contributed by atoms with Crippen LogP contribution in [0.2, 0.25) is 6.04 Å². The van der Waals surface area contributed by atoms with Crippen molar-refractivity contribution in [3.63, 3.8) is 0 Å². The van der Waals surface area contributed by atoms with E-state index in [-0.39, 0.29) is 5.91 Å². The van der Waals surface area contributed by atoms with Crippen LogP contribution in [0.5, 0.6) is 11.5 Å². The number of hydrogen-bond donors (Lipinski definition) is 1. The van der Waals surface area contributed by atoms with Crippen LogP contribution in [-0.2, 0) is 18.1 Å². The molecule has 0 aliphatic carbocycles. The molecule has 7 nitrogen and oxygen atoms in total. The molecule has 270 valence electrons. The first kappa shape index (κ1) is 41.5. The lowest BCUT2D eigenvalue weighted by Gasteiger charge is -2.28. The second-order valence-electron chi connectivity index (χ2n) is 12.2. The molecule has 48 heavy (non-hydrogen) atoms. The summed E-state index contributed by atoms with van der Waals surface area (Å²) in [4.78, 5) is 12.3. The van der Waals surface area contributed by atoms with Crippen LogP contribution in [-0.4, -0.2) is 54.3 Å². The van der Waals surface area contributed by atoms with E-state index in [1.54, 1.807) is 0 Å². The van der Waals surface area contributed by atoms with Crippen molar-refractivity contribution in [3.8, 4) is 11.5 Å². The third-order valence-corrected chi connectivity index (χ3v) is 11.3. The van der Waals surface area contributed by atoms with Gasteiger partial charge in [0.2, 0.25) is 5.91 Å². The van der Waals surface area contributed by atoms with E-state index in [9.17, 15) is 4.79 Å². The van der Waals surface area contributed by atoms with Crippen LogP contribution in [0.4, 0.5) is 0 Å². The first-order chi connectivity index (χ1) is 23.6. The van der Waals surface area contributed by atoms with Gasteiger partial charge in [0, 0.05) is 50.5 Å². The van der Waals surface area contributed by atoms with Gasteiger partial charge in [0.25, 0.3) is 0 Å². The van der Waals surface area contributed by atoms with E-state index in [4.69, 9.17) is 22.8 Å². The van der Waals surface area contributed by atoms with Crippen molar-refractivity contribution < 1.29 is 27.5 Å². The largest absolute Gasteiger partial charge is 0.500 e. The molecule has 0 fully saturated rings. The van der Waals surface area contributed by atoms with Gasteiger partial charge in [0.15, 0.2) is 0 Å². The lowest BCUT2D eigenvalue weighted by molar-refractivity contribution is -0.121. The molecule has 0 heterocycles. The molecule has 0 aromatic heterocycles. The molecule has 0 aliphatic rings. The van der Waals surface area contributed by atoms with E-state index >= 15 is 0 Å². The minimum absolute atomic E-state index is 0.134. The average Bonchev–Trinajstić information content (AvgIpc) is 3.09. The Hall–Kier alpha value is -2.65. The van der Waals surface area contributed by atoms with E-state index in [1.165, 1.54) is 50.5 Å². The Kier molecular flexibility index (Phi) is 23.5. The molecule has 0 bridgehead atoms. The lowest BCUT2D eigenvalue weighted by atomic mass is 10.1. The van der Waals surface area contributed by atoms with Gasteiger partial charge in [-0.3, -0.25) is 4.79 Å². The number of amides is 1. The van der Waals surface area contributed by atoms with Gasteiger partial charge in [0.05, 0.1) is 13.2 Å². The molecule has 2 rings (SSSR count). The molecule has 1 N–H and O–H groups in total. The highest BCUT2D eigenvalue weighted by Crippen LogP contribution is 2.28. The van der Waals surface area contributed by atoms with Crippen LogP contribution < -0.4 is 14.8 Å². The second-order valence-corrected chi connectivity index (χ2v) is 14.9. The quantitative estimate of drug-likeness (QED) is 0.0502. The van der Waals surface area contributed by atoms with Crippen molar-refractivity contribution in [2.75, 3.05) is 39.6 Å². The zero-order chi connectivity index (χ0) is 34.5. The molecule has 0 saturated carbocycles. The Labute approximate surface area is 293 Å². The third kappa shape index (κ3) is 18.8. The zero-order valence-corrected chi connectivity index (χ0v) is 31.6. The predicted octanol–water partition coefficient (Wildman–Crippen LogP) is 10.3. The van der Waals surface area contributed by atoms with Gasteiger partial charge in [0.1, 0.15) is 11.5 Å². The van der Waals surface area contributed by atoms with Crippen molar-refractivity contribution in [3.05, 3.63) is 59.7 Å². The first-order valence-corrected chi connectivity index (χ1v) is 20.8. The standard InChI is InChI=1S/C40H65NO6Si/c1-5-9-10-21-32-43-38-30-29-37(28-27-36-24-18-17-19-25-36)39(35-38)44-33-22-16-14-12-11-13-15-20-26-40(42)41-31-23-34-48(45-6-2,46-7-3)47-8-4/h17-19,24-25,27-30,35H,5-16,20-23,26,31-34H2,1-4H3,(H,41,42)/b28-27+. The van der Waals surface area contributed by atoms with Crippen molar-refractivity contribution in [1.29, 1.82) is 0 Å². The van der Waals surface area contributed by atoms with Crippen molar-refractivity contribution in [2.24, 2.45) is 0 Å². The van der Waals surface area contributed by atoms with E-state index in [2.05, 4.69) is 54.7 Å². The molecule has 0 aliphatic heterocycles. The molecule has 2 aromatic rings. The SMILES string of the molecule is CCCCCCOc1ccc(/C=C/c2ccccc2)c(OCCCCCCCCCCC(=O)NCCC[Si](OCC)(OCC)OCC)c1. The normalized spacial score (nSPS) is 11.7. The summed E-state index contributed by atoms with van der Waals surface area (Å²) in [6, 6.07) is 17.3. The maximum Gasteiger partial charge on any atom is 0.500 e. The minimum Gasteiger partial charge on any atom is -0.493 e. The average molecular weight is 684 g/mol. The molecule has 0 atom stereocenters. The molecular weight excluding hydrogens is 619 g/mol. The van der Waals surface area contributed by atoms with E-state index in [0.29, 0.717) is 39.4 Å². The maximum atomic E-state index is 12.3. The van der Waals surface area contributed by atoms with Gasteiger partial charge in [-0.15, -0.1) is 0 Å². The summed E-state index contributed by atoms with van der Waals surface area (Å²) < 4.78 is 30.0. The van der Waals surface area contributed by atoms with Gasteiger partial charge in [-0.25, -0.2) is 0 Å². The summed E-state index contributed by atoms with van der Waals surface area (Å²) in [6.45, 7) is 11.9. The highest BCUT2D eigenvalue weighted by Gasteiger charge is 2.39. The Balaban J connectivity index is 1.60. The molecule has 0 radical (unpaired) electrons. The van der Waals surface area contributed by atoms with E-state index < -0.39 is 8.80 Å². The highest BCUT2D eigenvalue weighted by atomic mass is 28.4. The van der Waals surface area contributed by atoms with E-state index in [1.807, 2.05) is 39.0 Å². The molecule has 0 unspecified atom stereocenters. The van der Waals surface area contributed by atoms with Gasteiger partial charge >= 0.3 is 8.80 Å². The molecule has 8 heteroatoms. The smallest absolute Gasteiger partial charge is 0.493 e. The van der Waals surface area contributed by atoms with Gasteiger partial charge in [-0.1, -0.05) is 107 Å². The van der Waals surface area contributed by atoms with Crippen LogP contribution in [0.15, 0.2) is 48.5 Å². The predicted molar refractivity (Wildman–Crippen MR) is 202 cm³/mol. The fourth-order valence-corrected chi connectivity index (χ4v) is 8.20. The maximum absolute atomic E-state index is 12.3.